The minimum atomic E-state index is -0.770. The molecule has 0 aliphatic carbocycles. The van der Waals surface area contributed by atoms with Crippen molar-refractivity contribution in [2.45, 2.75) is 26.5 Å². The Bertz CT molecular complexity index is 1790. The molecule has 0 N–H and O–H groups in total. The van der Waals surface area contributed by atoms with E-state index in [1.165, 1.54) is 41.3 Å². The first-order valence-electron chi connectivity index (χ1n) is 13.4. The maximum absolute atomic E-state index is 13.8. The molecule has 0 amide bonds. The van der Waals surface area contributed by atoms with E-state index in [9.17, 15) is 14.0 Å². The second kappa shape index (κ2) is 12.9. The number of hydrogen-bond donors (Lipinski definition) is 0. The van der Waals surface area contributed by atoms with E-state index in [0.717, 1.165) is 11.1 Å². The fourth-order valence-electron chi connectivity index (χ4n) is 4.55. The number of fused-ring (bicyclic) bond motifs is 1. The van der Waals surface area contributed by atoms with E-state index in [-0.39, 0.29) is 16.9 Å². The number of thiazole rings is 1. The standard InChI is InChI=1S/C32H29FN2O6S/c1-4-39-26-15-10-22(17-27(26)40-5-2)29-25(31(37)38-3)18-34-32-35(29)30(36)28(42-32)16-20-8-13-24(14-9-20)41-19-21-6-11-23(33)12-7-21/h6-18,29H,4-5,19H2,1-3H3/b28-16-/t29-/m1/s1. The predicted octanol–water partition coefficient (Wildman–Crippen LogP) is 4.53. The Morgan fingerprint density at radius 3 is 2.38 bits per heavy atom. The Labute approximate surface area is 245 Å². The number of esters is 1. The lowest BCUT2D eigenvalue weighted by molar-refractivity contribution is -0.136. The number of benzene rings is 3. The molecule has 4 aromatic rings. The summed E-state index contributed by atoms with van der Waals surface area (Å²) in [4.78, 5) is 31.4. The molecule has 10 heteroatoms. The quantitative estimate of drug-likeness (QED) is 0.253. The molecule has 0 saturated heterocycles. The van der Waals surface area contributed by atoms with Crippen molar-refractivity contribution < 1.29 is 28.1 Å². The van der Waals surface area contributed by atoms with Crippen molar-refractivity contribution in [3.8, 4) is 17.2 Å². The highest BCUT2D eigenvalue weighted by atomic mass is 32.1. The van der Waals surface area contributed by atoms with Gasteiger partial charge in [0.1, 0.15) is 18.2 Å². The number of halogens is 1. The van der Waals surface area contributed by atoms with Gasteiger partial charge in [-0.3, -0.25) is 9.36 Å². The smallest absolute Gasteiger partial charge is 0.337 e. The van der Waals surface area contributed by atoms with Gasteiger partial charge in [-0.05, 0) is 73.0 Å². The molecular weight excluding hydrogens is 559 g/mol. The van der Waals surface area contributed by atoms with Gasteiger partial charge in [-0.15, -0.1) is 0 Å². The molecule has 0 fully saturated rings. The summed E-state index contributed by atoms with van der Waals surface area (Å²) in [7, 11) is 1.29. The first-order chi connectivity index (χ1) is 20.4. The average molecular weight is 589 g/mol. The summed E-state index contributed by atoms with van der Waals surface area (Å²) in [6.45, 7) is 4.94. The lowest BCUT2D eigenvalue weighted by Gasteiger charge is -2.23. The molecule has 42 heavy (non-hydrogen) atoms. The zero-order chi connectivity index (χ0) is 29.6. The van der Waals surface area contributed by atoms with Crippen LogP contribution in [-0.2, 0) is 16.1 Å². The molecule has 0 unspecified atom stereocenters. The Morgan fingerprint density at radius 1 is 0.976 bits per heavy atom. The topological polar surface area (TPSA) is 88.4 Å². The number of carbonyl (C=O) groups excluding carboxylic acids is 1. The van der Waals surface area contributed by atoms with E-state index in [1.807, 2.05) is 32.0 Å². The summed E-state index contributed by atoms with van der Waals surface area (Å²) < 4.78 is 37.4. The molecule has 3 aromatic carbocycles. The molecule has 0 radical (unpaired) electrons. The molecular formula is C32H29FN2O6S. The zero-order valence-electron chi connectivity index (χ0n) is 23.3. The summed E-state index contributed by atoms with van der Waals surface area (Å²) in [6.07, 6.45) is 3.23. The van der Waals surface area contributed by atoms with E-state index < -0.39 is 12.0 Å². The fourth-order valence-corrected chi connectivity index (χ4v) is 5.52. The number of methoxy groups -OCH3 is 1. The molecule has 216 valence electrons. The molecule has 0 spiro atoms. The molecule has 1 aromatic heterocycles. The molecule has 0 saturated carbocycles. The summed E-state index contributed by atoms with van der Waals surface area (Å²) in [6, 6.07) is 18.0. The number of nitrogens with zero attached hydrogens (tertiary/aromatic N) is 2. The number of carbonyl (C=O) groups is 1. The van der Waals surface area contributed by atoms with Crippen LogP contribution in [0.25, 0.3) is 6.08 Å². The molecule has 5 rings (SSSR count). The van der Waals surface area contributed by atoms with Gasteiger partial charge in [0.15, 0.2) is 16.3 Å². The molecule has 1 aliphatic rings. The van der Waals surface area contributed by atoms with Crippen LogP contribution in [0.15, 0.2) is 88.3 Å². The van der Waals surface area contributed by atoms with Crippen LogP contribution in [0.4, 0.5) is 4.39 Å². The normalized spacial score (nSPS) is 14.4. The van der Waals surface area contributed by atoms with Crippen LogP contribution in [0.5, 0.6) is 17.2 Å². The molecule has 8 nitrogen and oxygen atoms in total. The third kappa shape index (κ3) is 6.13. The highest BCUT2D eigenvalue weighted by Gasteiger charge is 2.31. The molecule has 1 atom stereocenters. The van der Waals surface area contributed by atoms with Gasteiger partial charge in [-0.1, -0.05) is 41.7 Å². The predicted molar refractivity (Wildman–Crippen MR) is 157 cm³/mol. The molecule has 2 heterocycles. The van der Waals surface area contributed by atoms with Gasteiger partial charge in [-0.25, -0.2) is 14.2 Å². The minimum Gasteiger partial charge on any atom is -0.490 e. The van der Waals surface area contributed by atoms with E-state index >= 15 is 0 Å². The summed E-state index contributed by atoms with van der Waals surface area (Å²) in [5.41, 5.74) is 2.23. The lowest BCUT2D eigenvalue weighted by Crippen LogP contribution is -2.39. The number of rotatable bonds is 10. The first kappa shape index (κ1) is 28.8. The Balaban J connectivity index is 1.48. The van der Waals surface area contributed by atoms with Crippen molar-refractivity contribution in [2.24, 2.45) is 4.99 Å². The number of ether oxygens (including phenoxy) is 4. The minimum absolute atomic E-state index is 0.228. The van der Waals surface area contributed by atoms with Gasteiger partial charge < -0.3 is 18.9 Å². The van der Waals surface area contributed by atoms with Crippen molar-refractivity contribution in [3.63, 3.8) is 0 Å². The summed E-state index contributed by atoms with van der Waals surface area (Å²) >= 11 is 1.23. The Hall–Kier alpha value is -4.70. The second-order valence-electron chi connectivity index (χ2n) is 9.23. The van der Waals surface area contributed by atoms with Crippen LogP contribution < -0.4 is 29.1 Å². The maximum atomic E-state index is 13.8. The Kier molecular flexibility index (Phi) is 8.83. The van der Waals surface area contributed by atoms with Crippen molar-refractivity contribution in [1.29, 1.82) is 0 Å². The van der Waals surface area contributed by atoms with Gasteiger partial charge in [-0.2, -0.15) is 0 Å². The first-order valence-corrected chi connectivity index (χ1v) is 14.2. The fraction of sp³-hybridized carbons (Fsp3) is 0.219. The van der Waals surface area contributed by atoms with E-state index in [1.54, 1.807) is 42.5 Å². The highest BCUT2D eigenvalue weighted by Crippen LogP contribution is 2.35. The van der Waals surface area contributed by atoms with E-state index in [2.05, 4.69) is 4.99 Å². The van der Waals surface area contributed by atoms with Crippen molar-refractivity contribution in [3.05, 3.63) is 121 Å². The van der Waals surface area contributed by atoms with Gasteiger partial charge >= 0.3 is 5.97 Å². The third-order valence-electron chi connectivity index (χ3n) is 6.50. The van der Waals surface area contributed by atoms with Crippen LogP contribution in [0.3, 0.4) is 0 Å². The average Bonchev–Trinajstić information content (AvgIpc) is 3.32. The monoisotopic (exact) mass is 588 g/mol. The summed E-state index contributed by atoms with van der Waals surface area (Å²) in [5.74, 6) is 0.851. The van der Waals surface area contributed by atoms with Gasteiger partial charge in [0, 0.05) is 6.20 Å². The largest absolute Gasteiger partial charge is 0.490 e. The van der Waals surface area contributed by atoms with E-state index in [0.29, 0.717) is 52.0 Å². The van der Waals surface area contributed by atoms with Gasteiger partial charge in [0.25, 0.3) is 5.56 Å². The number of hydrogen-bond acceptors (Lipinski definition) is 8. The van der Waals surface area contributed by atoms with Crippen molar-refractivity contribution in [1.82, 2.24) is 4.57 Å². The third-order valence-corrected chi connectivity index (χ3v) is 7.50. The highest BCUT2D eigenvalue weighted by molar-refractivity contribution is 7.07. The SMILES string of the molecule is CCOc1ccc([C@@H]2C(C(=O)OC)=CN=c3s/c(=C\c4ccc(OCc5ccc(F)cc5)cc4)c(=O)n32)cc1OCC. The Morgan fingerprint density at radius 2 is 1.69 bits per heavy atom. The zero-order valence-corrected chi connectivity index (χ0v) is 24.2. The molecule has 1 aliphatic heterocycles. The van der Waals surface area contributed by atoms with Crippen LogP contribution in [0, 0.1) is 5.82 Å². The van der Waals surface area contributed by atoms with Crippen LogP contribution in [0.1, 0.15) is 36.6 Å². The molecule has 0 bridgehead atoms. The van der Waals surface area contributed by atoms with E-state index in [4.69, 9.17) is 18.9 Å². The van der Waals surface area contributed by atoms with Crippen LogP contribution in [-0.4, -0.2) is 30.9 Å². The van der Waals surface area contributed by atoms with Crippen LogP contribution >= 0.6 is 11.3 Å². The van der Waals surface area contributed by atoms with Gasteiger partial charge in [0.2, 0.25) is 0 Å². The summed E-state index contributed by atoms with van der Waals surface area (Å²) in [5, 5.41) is 0. The lowest BCUT2D eigenvalue weighted by atomic mass is 9.97. The maximum Gasteiger partial charge on any atom is 0.337 e. The van der Waals surface area contributed by atoms with Gasteiger partial charge in [0.05, 0.1) is 36.5 Å². The van der Waals surface area contributed by atoms with Crippen molar-refractivity contribution >= 4 is 23.4 Å². The van der Waals surface area contributed by atoms with Crippen LogP contribution in [0.2, 0.25) is 0 Å². The van der Waals surface area contributed by atoms with Crippen molar-refractivity contribution in [2.75, 3.05) is 20.3 Å². The second-order valence-corrected chi connectivity index (χ2v) is 10.2. The number of aromatic nitrogens is 1.